The minimum atomic E-state index is -1.33. The fourth-order valence-corrected chi connectivity index (χ4v) is 0.806. The predicted molar refractivity (Wildman–Crippen MR) is 27.7 cm³/mol. The highest BCUT2D eigenvalue weighted by Crippen LogP contribution is 2.15. The van der Waals surface area contributed by atoms with E-state index in [-0.39, 0.29) is 13.2 Å². The van der Waals surface area contributed by atoms with Gasteiger partial charge in [0.2, 0.25) is 0 Å². The third kappa shape index (κ3) is 1.20. The van der Waals surface area contributed by atoms with Crippen LogP contribution in [0.15, 0.2) is 0 Å². The normalized spacial score (nSPS) is 43.7. The third-order valence-corrected chi connectivity index (χ3v) is 1.40. The highest BCUT2D eigenvalue weighted by atomic mass is 19.1. The molecule has 2 N–H and O–H groups in total. The van der Waals surface area contributed by atoms with E-state index in [1.54, 1.807) is 0 Å². The lowest BCUT2D eigenvalue weighted by Crippen LogP contribution is -2.29. The number of aliphatic hydroxyl groups excluding tert-OH is 2. The number of rotatable bonds is 1. The van der Waals surface area contributed by atoms with E-state index >= 15 is 0 Å². The number of alkyl halides is 1. The first kappa shape index (κ1) is 6.92. The van der Waals surface area contributed by atoms with Crippen LogP contribution in [0.25, 0.3) is 0 Å². The molecule has 0 amide bonds. The van der Waals surface area contributed by atoms with Crippen molar-refractivity contribution in [3.63, 3.8) is 0 Å². The third-order valence-electron chi connectivity index (χ3n) is 1.40. The maximum Gasteiger partial charge on any atom is 0.152 e. The number of hydrogen-bond donors (Lipinski definition) is 2. The summed E-state index contributed by atoms with van der Waals surface area (Å²) in [6, 6.07) is 0. The molecule has 0 saturated carbocycles. The van der Waals surface area contributed by atoms with Gasteiger partial charge >= 0.3 is 0 Å². The van der Waals surface area contributed by atoms with Crippen molar-refractivity contribution in [2.75, 3.05) is 13.2 Å². The summed E-state index contributed by atoms with van der Waals surface area (Å²) in [5, 5.41) is 17.2. The lowest BCUT2D eigenvalue weighted by molar-refractivity contribution is 0.000304. The topological polar surface area (TPSA) is 49.7 Å². The minimum Gasteiger partial charge on any atom is -0.394 e. The van der Waals surface area contributed by atoms with Crippen molar-refractivity contribution >= 4 is 0 Å². The average Bonchev–Trinajstić information content (AvgIpc) is 2.15. The van der Waals surface area contributed by atoms with Crippen LogP contribution in [0.4, 0.5) is 4.39 Å². The molecule has 3 nitrogen and oxygen atoms in total. The van der Waals surface area contributed by atoms with E-state index in [0.29, 0.717) is 0 Å². The SMILES string of the molecule is OC[C@H]1OC[C@H](F)[C@@H]1O. The lowest BCUT2D eigenvalue weighted by atomic mass is 10.2. The van der Waals surface area contributed by atoms with Gasteiger partial charge in [-0.05, 0) is 0 Å². The molecule has 1 aliphatic heterocycles. The molecule has 4 heteroatoms. The fourth-order valence-electron chi connectivity index (χ4n) is 0.806. The summed E-state index contributed by atoms with van der Waals surface area (Å²) in [6.07, 6.45) is -3.20. The minimum absolute atomic E-state index is 0.105. The molecule has 3 atom stereocenters. The molecule has 1 fully saturated rings. The Hall–Kier alpha value is -0.190. The van der Waals surface area contributed by atoms with Crippen molar-refractivity contribution in [3.8, 4) is 0 Å². The van der Waals surface area contributed by atoms with E-state index < -0.39 is 18.4 Å². The molecular weight excluding hydrogens is 127 g/mol. The number of halogens is 1. The van der Waals surface area contributed by atoms with Gasteiger partial charge in [-0.3, -0.25) is 0 Å². The van der Waals surface area contributed by atoms with Gasteiger partial charge in [0.25, 0.3) is 0 Å². The Labute approximate surface area is 52.1 Å². The van der Waals surface area contributed by atoms with E-state index in [1.165, 1.54) is 0 Å². The summed E-state index contributed by atoms with van der Waals surface area (Å²) in [4.78, 5) is 0. The molecule has 0 unspecified atom stereocenters. The van der Waals surface area contributed by atoms with Gasteiger partial charge in [0.1, 0.15) is 12.2 Å². The number of hydrogen-bond acceptors (Lipinski definition) is 3. The van der Waals surface area contributed by atoms with Crippen LogP contribution >= 0.6 is 0 Å². The van der Waals surface area contributed by atoms with E-state index in [9.17, 15) is 4.39 Å². The van der Waals surface area contributed by atoms with Gasteiger partial charge in [-0.2, -0.15) is 0 Å². The Bertz CT molecular complexity index is 98.2. The molecule has 9 heavy (non-hydrogen) atoms. The highest BCUT2D eigenvalue weighted by Gasteiger charge is 2.35. The van der Waals surface area contributed by atoms with Crippen molar-refractivity contribution in [1.29, 1.82) is 0 Å². The van der Waals surface area contributed by atoms with Crippen molar-refractivity contribution in [2.24, 2.45) is 0 Å². The Morgan fingerprint density at radius 3 is 2.56 bits per heavy atom. The number of ether oxygens (including phenoxy) is 1. The molecule has 1 aliphatic rings. The van der Waals surface area contributed by atoms with E-state index in [0.717, 1.165) is 0 Å². The molecular formula is C5H9FO3. The monoisotopic (exact) mass is 136 g/mol. The summed E-state index contributed by atoms with van der Waals surface area (Å²) >= 11 is 0. The van der Waals surface area contributed by atoms with Crippen LogP contribution < -0.4 is 0 Å². The molecule has 1 rings (SSSR count). The van der Waals surface area contributed by atoms with Gasteiger partial charge < -0.3 is 14.9 Å². The van der Waals surface area contributed by atoms with Crippen LogP contribution in [0, 0.1) is 0 Å². The maximum atomic E-state index is 12.3. The summed E-state index contributed by atoms with van der Waals surface area (Å²) in [5.41, 5.74) is 0. The molecule has 1 saturated heterocycles. The van der Waals surface area contributed by atoms with Crippen LogP contribution in [0.3, 0.4) is 0 Å². The lowest BCUT2D eigenvalue weighted by Gasteiger charge is -2.09. The Kier molecular flexibility index (Phi) is 2.00. The summed E-state index contributed by atoms with van der Waals surface area (Å²) < 4.78 is 16.9. The molecule has 54 valence electrons. The van der Waals surface area contributed by atoms with Gasteiger partial charge in [0, 0.05) is 0 Å². The summed E-state index contributed by atoms with van der Waals surface area (Å²) in [5.74, 6) is 0. The Balaban J connectivity index is 2.41. The molecule has 0 spiro atoms. The van der Waals surface area contributed by atoms with Gasteiger partial charge in [0.15, 0.2) is 6.17 Å². The molecule has 0 aromatic carbocycles. The molecule has 0 bridgehead atoms. The Morgan fingerprint density at radius 1 is 1.67 bits per heavy atom. The quantitative estimate of drug-likeness (QED) is 0.490. The summed E-state index contributed by atoms with van der Waals surface area (Å²) in [6.45, 7) is -0.423. The van der Waals surface area contributed by atoms with Gasteiger partial charge in [-0.15, -0.1) is 0 Å². The maximum absolute atomic E-state index is 12.3. The zero-order chi connectivity index (χ0) is 6.85. The zero-order valence-corrected chi connectivity index (χ0v) is 4.83. The van der Waals surface area contributed by atoms with Crippen molar-refractivity contribution in [3.05, 3.63) is 0 Å². The molecule has 0 aromatic rings. The Morgan fingerprint density at radius 2 is 2.33 bits per heavy atom. The first-order valence-corrected chi connectivity index (χ1v) is 2.80. The number of aliphatic hydroxyl groups is 2. The first-order chi connectivity index (χ1) is 4.25. The van der Waals surface area contributed by atoms with Gasteiger partial charge in [0.05, 0.1) is 13.2 Å². The molecule has 0 radical (unpaired) electrons. The molecule has 1 heterocycles. The van der Waals surface area contributed by atoms with E-state index in [1.807, 2.05) is 0 Å². The van der Waals surface area contributed by atoms with Gasteiger partial charge in [-0.1, -0.05) is 0 Å². The van der Waals surface area contributed by atoms with E-state index in [2.05, 4.69) is 4.74 Å². The standard InChI is InChI=1S/C5H9FO3/c6-3-2-9-4(1-7)5(3)8/h3-5,7-8H,1-2H2/t3-,4+,5-/m0/s1. The van der Waals surface area contributed by atoms with Crippen LogP contribution in [0.5, 0.6) is 0 Å². The van der Waals surface area contributed by atoms with Crippen LogP contribution in [0.1, 0.15) is 0 Å². The molecule has 0 aliphatic carbocycles. The highest BCUT2D eigenvalue weighted by molar-refractivity contribution is 4.82. The van der Waals surface area contributed by atoms with Crippen LogP contribution in [-0.2, 0) is 4.74 Å². The first-order valence-electron chi connectivity index (χ1n) is 2.80. The smallest absolute Gasteiger partial charge is 0.152 e. The second kappa shape index (κ2) is 2.60. The van der Waals surface area contributed by atoms with Crippen LogP contribution in [-0.4, -0.2) is 41.8 Å². The second-order valence-electron chi connectivity index (χ2n) is 2.06. The average molecular weight is 136 g/mol. The zero-order valence-electron chi connectivity index (χ0n) is 4.83. The van der Waals surface area contributed by atoms with Crippen molar-refractivity contribution < 1.29 is 19.3 Å². The van der Waals surface area contributed by atoms with E-state index in [4.69, 9.17) is 10.2 Å². The van der Waals surface area contributed by atoms with Crippen LogP contribution in [0.2, 0.25) is 0 Å². The summed E-state index contributed by atoms with van der Waals surface area (Å²) in [7, 11) is 0. The largest absolute Gasteiger partial charge is 0.394 e. The fraction of sp³-hybridized carbons (Fsp3) is 1.00. The molecule has 0 aromatic heterocycles. The predicted octanol–water partition coefficient (Wildman–Crippen LogP) is -0.923. The van der Waals surface area contributed by atoms with Crippen molar-refractivity contribution in [1.82, 2.24) is 0 Å². The van der Waals surface area contributed by atoms with Crippen molar-refractivity contribution in [2.45, 2.75) is 18.4 Å². The van der Waals surface area contributed by atoms with Gasteiger partial charge in [-0.25, -0.2) is 4.39 Å². The second-order valence-corrected chi connectivity index (χ2v) is 2.06.